The lowest BCUT2D eigenvalue weighted by atomic mass is 10.0. The fourth-order valence-electron chi connectivity index (χ4n) is 0.845. The standard InChI is InChI=1S/C10H16N2O3/c1-4-5-6-11-10(15)12-8(3)7(2)9(13)14/h1,7-8H,5-6H2,2-3H3,(H,13,14)(H2,11,12,15). The number of terminal acetylenes is 1. The Kier molecular flexibility index (Phi) is 5.95. The van der Waals surface area contributed by atoms with Crippen molar-refractivity contribution in [3.8, 4) is 12.3 Å². The first kappa shape index (κ1) is 13.3. The van der Waals surface area contributed by atoms with Gasteiger partial charge < -0.3 is 15.7 Å². The number of carbonyl (C=O) groups is 2. The van der Waals surface area contributed by atoms with E-state index in [1.807, 2.05) is 0 Å². The van der Waals surface area contributed by atoms with Gasteiger partial charge in [-0.2, -0.15) is 0 Å². The predicted octanol–water partition coefficient (Wildman–Crippen LogP) is 0.418. The summed E-state index contributed by atoms with van der Waals surface area (Å²) < 4.78 is 0. The van der Waals surface area contributed by atoms with Gasteiger partial charge in [0, 0.05) is 19.0 Å². The van der Waals surface area contributed by atoms with Gasteiger partial charge in [-0.15, -0.1) is 12.3 Å². The van der Waals surface area contributed by atoms with Gasteiger partial charge >= 0.3 is 12.0 Å². The van der Waals surface area contributed by atoms with Gasteiger partial charge in [0.2, 0.25) is 0 Å². The summed E-state index contributed by atoms with van der Waals surface area (Å²) in [7, 11) is 0. The number of urea groups is 1. The van der Waals surface area contributed by atoms with E-state index in [1.165, 1.54) is 6.92 Å². The van der Waals surface area contributed by atoms with Crippen LogP contribution in [0.1, 0.15) is 20.3 Å². The summed E-state index contributed by atoms with van der Waals surface area (Å²) in [5.41, 5.74) is 0. The van der Waals surface area contributed by atoms with E-state index in [-0.39, 0.29) is 0 Å². The number of rotatable bonds is 5. The highest BCUT2D eigenvalue weighted by Crippen LogP contribution is 2.01. The molecular weight excluding hydrogens is 196 g/mol. The first-order chi connectivity index (χ1) is 6.99. The van der Waals surface area contributed by atoms with Gasteiger partial charge in [0.15, 0.2) is 0 Å². The van der Waals surface area contributed by atoms with Crippen LogP contribution in [0.5, 0.6) is 0 Å². The molecule has 0 bridgehead atoms. The lowest BCUT2D eigenvalue weighted by Crippen LogP contribution is -2.45. The summed E-state index contributed by atoms with van der Waals surface area (Å²) in [5.74, 6) is 0.820. The monoisotopic (exact) mass is 212 g/mol. The summed E-state index contributed by atoms with van der Waals surface area (Å²) in [4.78, 5) is 21.8. The van der Waals surface area contributed by atoms with Crippen molar-refractivity contribution < 1.29 is 14.7 Å². The lowest BCUT2D eigenvalue weighted by molar-refractivity contribution is -0.141. The van der Waals surface area contributed by atoms with E-state index < -0.39 is 24.0 Å². The first-order valence-electron chi connectivity index (χ1n) is 4.69. The molecule has 3 N–H and O–H groups in total. The minimum Gasteiger partial charge on any atom is -0.481 e. The molecule has 15 heavy (non-hydrogen) atoms. The highest BCUT2D eigenvalue weighted by atomic mass is 16.4. The van der Waals surface area contributed by atoms with Crippen molar-refractivity contribution in [1.29, 1.82) is 0 Å². The molecule has 2 atom stereocenters. The molecule has 0 aromatic rings. The number of carboxylic acids is 1. The quantitative estimate of drug-likeness (QED) is 0.456. The topological polar surface area (TPSA) is 78.4 Å². The first-order valence-corrected chi connectivity index (χ1v) is 4.69. The van der Waals surface area contributed by atoms with Gasteiger partial charge in [-0.25, -0.2) is 4.79 Å². The molecule has 0 radical (unpaired) electrons. The maximum Gasteiger partial charge on any atom is 0.315 e. The highest BCUT2D eigenvalue weighted by Gasteiger charge is 2.20. The van der Waals surface area contributed by atoms with Crippen LogP contribution in [0.15, 0.2) is 0 Å². The Bertz CT molecular complexity index is 270. The average Bonchev–Trinajstić information content (AvgIpc) is 2.16. The van der Waals surface area contributed by atoms with Crippen LogP contribution in [0.3, 0.4) is 0 Å². The van der Waals surface area contributed by atoms with Gasteiger partial charge in [0.05, 0.1) is 5.92 Å². The van der Waals surface area contributed by atoms with Crippen LogP contribution in [-0.2, 0) is 4.79 Å². The number of hydrogen-bond donors (Lipinski definition) is 3. The molecule has 0 aliphatic heterocycles. The van der Waals surface area contributed by atoms with E-state index in [1.54, 1.807) is 6.92 Å². The van der Waals surface area contributed by atoms with E-state index in [0.717, 1.165) is 0 Å². The van der Waals surface area contributed by atoms with E-state index in [0.29, 0.717) is 13.0 Å². The minimum atomic E-state index is -0.938. The van der Waals surface area contributed by atoms with Gasteiger partial charge in [-0.3, -0.25) is 4.79 Å². The van der Waals surface area contributed by atoms with Crippen LogP contribution < -0.4 is 10.6 Å². The zero-order valence-corrected chi connectivity index (χ0v) is 8.91. The Morgan fingerprint density at radius 1 is 1.47 bits per heavy atom. The number of aliphatic carboxylic acids is 1. The molecule has 0 aromatic heterocycles. The molecule has 0 rings (SSSR count). The molecule has 0 heterocycles. The van der Waals surface area contributed by atoms with Crippen molar-refractivity contribution in [2.45, 2.75) is 26.3 Å². The highest BCUT2D eigenvalue weighted by molar-refractivity contribution is 5.76. The van der Waals surface area contributed by atoms with E-state index >= 15 is 0 Å². The summed E-state index contributed by atoms with van der Waals surface area (Å²) in [6.07, 6.45) is 5.46. The van der Waals surface area contributed by atoms with Gasteiger partial charge in [0.25, 0.3) is 0 Å². The van der Waals surface area contributed by atoms with Crippen LogP contribution >= 0.6 is 0 Å². The van der Waals surface area contributed by atoms with Gasteiger partial charge in [-0.1, -0.05) is 0 Å². The van der Waals surface area contributed by atoms with Crippen molar-refractivity contribution in [2.24, 2.45) is 5.92 Å². The molecule has 0 saturated heterocycles. The number of nitrogens with one attached hydrogen (secondary N) is 2. The molecule has 2 amide bonds. The Morgan fingerprint density at radius 3 is 2.53 bits per heavy atom. The molecule has 84 valence electrons. The molecule has 2 unspecified atom stereocenters. The Hall–Kier alpha value is -1.70. The fraction of sp³-hybridized carbons (Fsp3) is 0.600. The normalized spacial score (nSPS) is 13.4. The number of carboxylic acid groups (broad SMARTS) is 1. The van der Waals surface area contributed by atoms with Crippen molar-refractivity contribution in [1.82, 2.24) is 10.6 Å². The van der Waals surface area contributed by atoms with Crippen LogP contribution in [0.25, 0.3) is 0 Å². The van der Waals surface area contributed by atoms with Crippen LogP contribution in [-0.4, -0.2) is 29.7 Å². The van der Waals surface area contributed by atoms with Crippen molar-refractivity contribution in [3.05, 3.63) is 0 Å². The molecule has 0 aliphatic rings. The third-order valence-corrected chi connectivity index (χ3v) is 2.05. The van der Waals surface area contributed by atoms with Crippen LogP contribution in [0.2, 0.25) is 0 Å². The lowest BCUT2D eigenvalue weighted by Gasteiger charge is -2.17. The van der Waals surface area contributed by atoms with Gasteiger partial charge in [-0.05, 0) is 13.8 Å². The average molecular weight is 212 g/mol. The SMILES string of the molecule is C#CCCNC(=O)NC(C)C(C)C(=O)O. The zero-order chi connectivity index (χ0) is 11.8. The minimum absolute atomic E-state index is 0.385. The van der Waals surface area contributed by atoms with Crippen LogP contribution in [0.4, 0.5) is 4.79 Å². The largest absolute Gasteiger partial charge is 0.481 e. The Morgan fingerprint density at radius 2 is 2.07 bits per heavy atom. The third-order valence-electron chi connectivity index (χ3n) is 2.05. The maximum atomic E-state index is 11.2. The maximum absolute atomic E-state index is 11.2. The second kappa shape index (κ2) is 6.71. The second-order valence-electron chi connectivity index (χ2n) is 3.27. The predicted molar refractivity (Wildman–Crippen MR) is 56.2 cm³/mol. The molecule has 5 nitrogen and oxygen atoms in total. The molecule has 0 aliphatic carbocycles. The van der Waals surface area contributed by atoms with Crippen molar-refractivity contribution >= 4 is 12.0 Å². The van der Waals surface area contributed by atoms with Gasteiger partial charge in [0.1, 0.15) is 0 Å². The molecule has 0 aromatic carbocycles. The summed E-state index contributed by atoms with van der Waals surface area (Å²) >= 11 is 0. The number of hydrogen-bond acceptors (Lipinski definition) is 2. The fourth-order valence-corrected chi connectivity index (χ4v) is 0.845. The van der Waals surface area contributed by atoms with E-state index in [2.05, 4.69) is 16.6 Å². The zero-order valence-electron chi connectivity index (χ0n) is 8.91. The number of amides is 2. The molecule has 5 heteroatoms. The molecule has 0 spiro atoms. The summed E-state index contributed by atoms with van der Waals surface area (Å²) in [6, 6.07) is -0.820. The summed E-state index contributed by atoms with van der Waals surface area (Å²) in [6.45, 7) is 3.56. The molecule has 0 saturated carbocycles. The van der Waals surface area contributed by atoms with Crippen molar-refractivity contribution in [2.75, 3.05) is 6.54 Å². The van der Waals surface area contributed by atoms with E-state index in [9.17, 15) is 9.59 Å². The molecular formula is C10H16N2O3. The Balaban J connectivity index is 3.86. The summed E-state index contributed by atoms with van der Waals surface area (Å²) in [5, 5.41) is 13.7. The Labute approximate surface area is 89.2 Å². The van der Waals surface area contributed by atoms with Crippen molar-refractivity contribution in [3.63, 3.8) is 0 Å². The van der Waals surface area contributed by atoms with E-state index in [4.69, 9.17) is 11.5 Å². The van der Waals surface area contributed by atoms with Crippen LogP contribution in [0, 0.1) is 18.3 Å². The third kappa shape index (κ3) is 5.57. The molecule has 0 fully saturated rings. The second-order valence-corrected chi connectivity index (χ2v) is 3.27. The smallest absolute Gasteiger partial charge is 0.315 e. The number of carbonyl (C=O) groups excluding carboxylic acids is 1.